The standard InChI is InChI=1S/C15H26O/c1-5-6-7-8-9-10-11-12-13(2)14(3)15(4)16/h10-12,16H,5-9H2,1-4H3. The summed E-state index contributed by atoms with van der Waals surface area (Å²) in [6.07, 6.45) is 12.8. The van der Waals surface area contributed by atoms with Gasteiger partial charge in [-0.05, 0) is 44.8 Å². The van der Waals surface area contributed by atoms with Crippen molar-refractivity contribution >= 4 is 0 Å². The Morgan fingerprint density at radius 3 is 2.31 bits per heavy atom. The van der Waals surface area contributed by atoms with E-state index < -0.39 is 0 Å². The van der Waals surface area contributed by atoms with Crippen LogP contribution in [-0.2, 0) is 0 Å². The first kappa shape index (κ1) is 15.0. The summed E-state index contributed by atoms with van der Waals surface area (Å²) in [5.74, 6) is 0.407. The Morgan fingerprint density at radius 2 is 1.75 bits per heavy atom. The Bertz CT molecular complexity index is 265. The van der Waals surface area contributed by atoms with Gasteiger partial charge in [-0.2, -0.15) is 0 Å². The first-order valence-corrected chi connectivity index (χ1v) is 6.29. The predicted octanol–water partition coefficient (Wildman–Crippen LogP) is 5.31. The maximum absolute atomic E-state index is 9.31. The second kappa shape index (κ2) is 9.26. The van der Waals surface area contributed by atoms with Crippen LogP contribution in [0.25, 0.3) is 0 Å². The molecule has 16 heavy (non-hydrogen) atoms. The fourth-order valence-electron chi connectivity index (χ4n) is 1.41. The van der Waals surface area contributed by atoms with Gasteiger partial charge in [0, 0.05) is 0 Å². The summed E-state index contributed by atoms with van der Waals surface area (Å²) in [6, 6.07) is 0. The van der Waals surface area contributed by atoms with Crippen molar-refractivity contribution in [3.8, 4) is 0 Å². The highest BCUT2D eigenvalue weighted by molar-refractivity contribution is 5.31. The van der Waals surface area contributed by atoms with Crippen LogP contribution in [-0.4, -0.2) is 5.11 Å². The second-order valence-electron chi connectivity index (χ2n) is 4.34. The molecule has 0 aliphatic carbocycles. The van der Waals surface area contributed by atoms with Crippen molar-refractivity contribution in [3.63, 3.8) is 0 Å². The van der Waals surface area contributed by atoms with Crippen molar-refractivity contribution in [2.75, 3.05) is 0 Å². The molecule has 0 fully saturated rings. The quantitative estimate of drug-likeness (QED) is 0.351. The number of hydrogen-bond donors (Lipinski definition) is 1. The van der Waals surface area contributed by atoms with E-state index in [-0.39, 0.29) is 0 Å². The van der Waals surface area contributed by atoms with Crippen LogP contribution in [0.5, 0.6) is 0 Å². The maximum Gasteiger partial charge on any atom is 0.0923 e. The van der Waals surface area contributed by atoms with Crippen molar-refractivity contribution in [1.29, 1.82) is 0 Å². The maximum atomic E-state index is 9.31. The molecule has 0 aromatic carbocycles. The van der Waals surface area contributed by atoms with E-state index in [1.165, 1.54) is 25.7 Å². The zero-order valence-electron chi connectivity index (χ0n) is 11.2. The van der Waals surface area contributed by atoms with Crippen LogP contribution in [0.3, 0.4) is 0 Å². The van der Waals surface area contributed by atoms with Crippen molar-refractivity contribution < 1.29 is 5.11 Å². The van der Waals surface area contributed by atoms with Gasteiger partial charge in [-0.3, -0.25) is 0 Å². The molecule has 92 valence electrons. The van der Waals surface area contributed by atoms with Crippen LogP contribution >= 0.6 is 0 Å². The van der Waals surface area contributed by atoms with Crippen LogP contribution in [0.15, 0.2) is 35.1 Å². The summed E-state index contributed by atoms with van der Waals surface area (Å²) in [5, 5.41) is 9.31. The molecule has 0 bridgehead atoms. The molecule has 1 nitrogen and oxygen atoms in total. The van der Waals surface area contributed by atoms with E-state index in [0.717, 1.165) is 17.6 Å². The number of allylic oxidation sites excluding steroid dienone is 6. The summed E-state index contributed by atoms with van der Waals surface area (Å²) in [6.45, 7) is 7.92. The van der Waals surface area contributed by atoms with E-state index in [4.69, 9.17) is 0 Å². The lowest BCUT2D eigenvalue weighted by Crippen LogP contribution is -1.84. The van der Waals surface area contributed by atoms with Gasteiger partial charge in [0.2, 0.25) is 0 Å². The molecule has 0 aromatic heterocycles. The predicted molar refractivity (Wildman–Crippen MR) is 72.7 cm³/mol. The smallest absolute Gasteiger partial charge is 0.0923 e. The Balaban J connectivity index is 3.89. The van der Waals surface area contributed by atoms with E-state index in [1.807, 2.05) is 13.8 Å². The van der Waals surface area contributed by atoms with Gasteiger partial charge in [-0.15, -0.1) is 0 Å². The normalized spacial score (nSPS) is 14.4. The Hall–Kier alpha value is -0.980. The summed E-state index contributed by atoms with van der Waals surface area (Å²) in [5.41, 5.74) is 2.10. The van der Waals surface area contributed by atoms with Crippen LogP contribution in [0.1, 0.15) is 59.8 Å². The number of aliphatic hydroxyl groups is 1. The van der Waals surface area contributed by atoms with Gasteiger partial charge in [0.25, 0.3) is 0 Å². The Labute approximate surface area is 101 Å². The molecule has 0 atom stereocenters. The Morgan fingerprint density at radius 1 is 1.06 bits per heavy atom. The lowest BCUT2D eigenvalue weighted by molar-refractivity contribution is 0.408. The van der Waals surface area contributed by atoms with Crippen molar-refractivity contribution in [2.24, 2.45) is 0 Å². The number of rotatable bonds is 7. The summed E-state index contributed by atoms with van der Waals surface area (Å²) in [7, 11) is 0. The molecular formula is C15H26O. The third kappa shape index (κ3) is 7.33. The van der Waals surface area contributed by atoms with Gasteiger partial charge in [0.05, 0.1) is 5.76 Å². The van der Waals surface area contributed by atoms with Crippen LogP contribution in [0, 0.1) is 0 Å². The monoisotopic (exact) mass is 222 g/mol. The minimum atomic E-state index is 0.407. The molecule has 0 unspecified atom stereocenters. The first-order valence-electron chi connectivity index (χ1n) is 6.29. The second-order valence-corrected chi connectivity index (χ2v) is 4.34. The molecule has 1 N–H and O–H groups in total. The van der Waals surface area contributed by atoms with Gasteiger partial charge < -0.3 is 5.11 Å². The lowest BCUT2D eigenvalue weighted by Gasteiger charge is -2.01. The van der Waals surface area contributed by atoms with Crippen molar-refractivity contribution in [3.05, 3.63) is 35.1 Å². The van der Waals surface area contributed by atoms with Gasteiger partial charge in [0.15, 0.2) is 0 Å². The molecule has 0 heterocycles. The average Bonchev–Trinajstić information content (AvgIpc) is 2.26. The van der Waals surface area contributed by atoms with Gasteiger partial charge in [0.1, 0.15) is 0 Å². The third-order valence-corrected chi connectivity index (χ3v) is 2.84. The minimum absolute atomic E-state index is 0.407. The van der Waals surface area contributed by atoms with E-state index >= 15 is 0 Å². The minimum Gasteiger partial charge on any atom is -0.512 e. The molecule has 1 heteroatoms. The highest BCUT2D eigenvalue weighted by Gasteiger charge is 1.95. The average molecular weight is 222 g/mol. The molecule has 0 amide bonds. The third-order valence-electron chi connectivity index (χ3n) is 2.84. The molecule has 0 aliphatic rings. The van der Waals surface area contributed by atoms with Crippen LogP contribution in [0.2, 0.25) is 0 Å². The van der Waals surface area contributed by atoms with E-state index in [1.54, 1.807) is 6.92 Å². The van der Waals surface area contributed by atoms with Crippen LogP contribution in [0.4, 0.5) is 0 Å². The molecule has 0 aliphatic heterocycles. The van der Waals surface area contributed by atoms with Crippen molar-refractivity contribution in [1.82, 2.24) is 0 Å². The summed E-state index contributed by atoms with van der Waals surface area (Å²) < 4.78 is 0. The van der Waals surface area contributed by atoms with Gasteiger partial charge >= 0.3 is 0 Å². The summed E-state index contributed by atoms with van der Waals surface area (Å²) >= 11 is 0. The zero-order valence-corrected chi connectivity index (χ0v) is 11.2. The molecule has 0 spiro atoms. The lowest BCUT2D eigenvalue weighted by atomic mass is 10.1. The fraction of sp³-hybridized carbons (Fsp3) is 0.600. The highest BCUT2D eigenvalue weighted by Crippen LogP contribution is 2.11. The number of hydrogen-bond acceptors (Lipinski definition) is 1. The van der Waals surface area contributed by atoms with Crippen molar-refractivity contribution in [2.45, 2.75) is 59.8 Å². The van der Waals surface area contributed by atoms with Gasteiger partial charge in [-0.1, -0.05) is 44.4 Å². The topological polar surface area (TPSA) is 20.2 Å². The summed E-state index contributed by atoms with van der Waals surface area (Å²) in [4.78, 5) is 0. The number of aliphatic hydroxyl groups excluding tert-OH is 1. The van der Waals surface area contributed by atoms with E-state index in [9.17, 15) is 5.11 Å². The molecule has 0 aromatic rings. The molecule has 0 rings (SSSR count). The first-order chi connectivity index (χ1) is 7.59. The fourth-order valence-corrected chi connectivity index (χ4v) is 1.41. The SMILES string of the molecule is CCCCCCC=CC=C(C)C(C)=C(C)O. The van der Waals surface area contributed by atoms with E-state index in [0.29, 0.717) is 5.76 Å². The largest absolute Gasteiger partial charge is 0.512 e. The van der Waals surface area contributed by atoms with Crippen LogP contribution < -0.4 is 0 Å². The Kier molecular flexibility index (Phi) is 8.69. The molecule has 0 saturated heterocycles. The van der Waals surface area contributed by atoms with E-state index in [2.05, 4.69) is 25.2 Å². The zero-order chi connectivity index (χ0) is 12.4. The molecular weight excluding hydrogens is 196 g/mol. The molecule has 0 saturated carbocycles. The highest BCUT2D eigenvalue weighted by atomic mass is 16.3. The molecule has 0 radical (unpaired) electrons. The number of unbranched alkanes of at least 4 members (excludes halogenated alkanes) is 4. The van der Waals surface area contributed by atoms with Gasteiger partial charge in [-0.25, -0.2) is 0 Å².